The van der Waals surface area contributed by atoms with E-state index in [2.05, 4.69) is 12.2 Å². The highest BCUT2D eigenvalue weighted by atomic mass is 16.1. The largest absolute Gasteiger partial charge is 0.398 e. The van der Waals surface area contributed by atoms with Crippen molar-refractivity contribution in [3.63, 3.8) is 0 Å². The van der Waals surface area contributed by atoms with E-state index in [0.29, 0.717) is 17.2 Å². The first-order valence-electron chi connectivity index (χ1n) is 6.16. The van der Waals surface area contributed by atoms with E-state index in [9.17, 15) is 4.79 Å². The van der Waals surface area contributed by atoms with Crippen molar-refractivity contribution < 1.29 is 4.79 Å². The fourth-order valence-electron chi connectivity index (χ4n) is 2.11. The molecule has 0 aromatic heterocycles. The Morgan fingerprint density at radius 2 is 2.00 bits per heavy atom. The van der Waals surface area contributed by atoms with Gasteiger partial charge in [-0.15, -0.1) is 0 Å². The molecule has 1 aliphatic rings. The molecule has 0 bridgehead atoms. The van der Waals surface area contributed by atoms with Crippen LogP contribution in [0.15, 0.2) is 12.1 Å². The summed E-state index contributed by atoms with van der Waals surface area (Å²) in [6.07, 6.45) is 2.47. The van der Waals surface area contributed by atoms with Gasteiger partial charge < -0.3 is 11.1 Å². The highest BCUT2D eigenvalue weighted by Gasteiger charge is 2.29. The number of benzene rings is 1. The second-order valence-electron chi connectivity index (χ2n) is 5.12. The third kappa shape index (κ3) is 2.60. The van der Waals surface area contributed by atoms with Gasteiger partial charge >= 0.3 is 0 Å². The van der Waals surface area contributed by atoms with Crippen LogP contribution in [0.5, 0.6) is 0 Å². The third-order valence-corrected chi connectivity index (χ3v) is 3.55. The number of hydrogen-bond donors (Lipinski definition) is 2. The Balaban J connectivity index is 2.15. The van der Waals surface area contributed by atoms with Crippen LogP contribution in [0.2, 0.25) is 0 Å². The maximum absolute atomic E-state index is 12.1. The van der Waals surface area contributed by atoms with Gasteiger partial charge in [-0.3, -0.25) is 4.79 Å². The minimum Gasteiger partial charge on any atom is -0.398 e. The topological polar surface area (TPSA) is 55.1 Å². The van der Waals surface area contributed by atoms with Crippen LogP contribution in [0.1, 0.15) is 41.3 Å². The van der Waals surface area contributed by atoms with E-state index in [1.54, 1.807) is 6.07 Å². The lowest BCUT2D eigenvalue weighted by Crippen LogP contribution is -2.34. The zero-order valence-electron chi connectivity index (χ0n) is 10.7. The predicted octanol–water partition coefficient (Wildman–Crippen LogP) is 2.41. The summed E-state index contributed by atoms with van der Waals surface area (Å²) in [6.45, 7) is 5.97. The van der Waals surface area contributed by atoms with E-state index in [-0.39, 0.29) is 11.9 Å². The van der Waals surface area contributed by atoms with E-state index in [1.165, 1.54) is 12.8 Å². The molecule has 1 atom stereocenters. The lowest BCUT2D eigenvalue weighted by atomic mass is 10.0. The molecule has 3 nitrogen and oxygen atoms in total. The number of carbonyl (C=O) groups is 1. The van der Waals surface area contributed by atoms with Gasteiger partial charge in [0.2, 0.25) is 0 Å². The molecule has 1 aromatic carbocycles. The molecule has 1 fully saturated rings. The van der Waals surface area contributed by atoms with Gasteiger partial charge in [0.15, 0.2) is 0 Å². The van der Waals surface area contributed by atoms with Crippen molar-refractivity contribution >= 4 is 11.6 Å². The second kappa shape index (κ2) is 4.40. The number of rotatable bonds is 3. The molecule has 0 saturated heterocycles. The number of anilines is 1. The molecular formula is C14H20N2O. The Labute approximate surface area is 102 Å². The predicted molar refractivity (Wildman–Crippen MR) is 70.0 cm³/mol. The molecule has 2 rings (SSSR count). The van der Waals surface area contributed by atoms with Gasteiger partial charge in [-0.05, 0) is 56.7 Å². The molecule has 3 heteroatoms. The minimum atomic E-state index is -0.00593. The summed E-state index contributed by atoms with van der Waals surface area (Å²) in [4.78, 5) is 12.1. The molecule has 92 valence electrons. The van der Waals surface area contributed by atoms with Gasteiger partial charge in [-0.25, -0.2) is 0 Å². The maximum Gasteiger partial charge on any atom is 0.251 e. The fraction of sp³-hybridized carbons (Fsp3) is 0.500. The van der Waals surface area contributed by atoms with Crippen LogP contribution >= 0.6 is 0 Å². The van der Waals surface area contributed by atoms with Crippen molar-refractivity contribution in [3.05, 3.63) is 28.8 Å². The van der Waals surface area contributed by atoms with Crippen molar-refractivity contribution in [1.82, 2.24) is 5.32 Å². The van der Waals surface area contributed by atoms with Crippen LogP contribution in [-0.4, -0.2) is 11.9 Å². The SMILES string of the molecule is Cc1cc(C)c(C(=O)NC(C)C2CC2)cc1N. The Kier molecular flexibility index (Phi) is 3.09. The van der Waals surface area contributed by atoms with Gasteiger partial charge in [-0.2, -0.15) is 0 Å². The Bertz CT molecular complexity index is 450. The first kappa shape index (κ1) is 12.0. The lowest BCUT2D eigenvalue weighted by Gasteiger charge is -2.15. The molecule has 1 aliphatic carbocycles. The number of nitrogen functional groups attached to an aromatic ring is 1. The van der Waals surface area contributed by atoms with Gasteiger partial charge in [0.25, 0.3) is 5.91 Å². The standard InChI is InChI=1S/C14H20N2O/c1-8-6-9(2)13(15)7-12(8)14(17)16-10(3)11-4-5-11/h6-7,10-11H,4-5,15H2,1-3H3,(H,16,17). The summed E-state index contributed by atoms with van der Waals surface area (Å²) in [7, 11) is 0. The van der Waals surface area contributed by atoms with Gasteiger partial charge in [0, 0.05) is 17.3 Å². The van der Waals surface area contributed by atoms with Crippen molar-refractivity contribution in [2.45, 2.75) is 39.7 Å². The number of amides is 1. The summed E-state index contributed by atoms with van der Waals surface area (Å²) in [5, 5.41) is 3.05. The molecule has 1 amide bonds. The summed E-state index contributed by atoms with van der Waals surface area (Å²) in [5.41, 5.74) is 9.23. The van der Waals surface area contributed by atoms with Crippen LogP contribution in [0.25, 0.3) is 0 Å². The molecule has 1 unspecified atom stereocenters. The summed E-state index contributed by atoms with van der Waals surface area (Å²) < 4.78 is 0. The molecule has 3 N–H and O–H groups in total. The molecule has 17 heavy (non-hydrogen) atoms. The van der Waals surface area contributed by atoms with Crippen LogP contribution < -0.4 is 11.1 Å². The van der Waals surface area contributed by atoms with Crippen molar-refractivity contribution in [3.8, 4) is 0 Å². The molecule has 1 saturated carbocycles. The van der Waals surface area contributed by atoms with Gasteiger partial charge in [0.05, 0.1) is 0 Å². The average Bonchev–Trinajstić information content (AvgIpc) is 3.06. The average molecular weight is 232 g/mol. The van der Waals surface area contributed by atoms with Crippen LogP contribution in [-0.2, 0) is 0 Å². The quantitative estimate of drug-likeness (QED) is 0.786. The Hall–Kier alpha value is -1.51. The van der Waals surface area contributed by atoms with Gasteiger partial charge in [-0.1, -0.05) is 6.07 Å². The first-order chi connectivity index (χ1) is 7.99. The molecule has 1 aromatic rings. The Morgan fingerprint density at radius 3 is 2.59 bits per heavy atom. The lowest BCUT2D eigenvalue weighted by molar-refractivity contribution is 0.0935. The minimum absolute atomic E-state index is 0.00593. The van der Waals surface area contributed by atoms with E-state index in [4.69, 9.17) is 5.73 Å². The van der Waals surface area contributed by atoms with Crippen LogP contribution in [0.3, 0.4) is 0 Å². The third-order valence-electron chi connectivity index (χ3n) is 3.55. The smallest absolute Gasteiger partial charge is 0.251 e. The van der Waals surface area contributed by atoms with E-state index >= 15 is 0 Å². The monoisotopic (exact) mass is 232 g/mol. The van der Waals surface area contributed by atoms with Gasteiger partial charge in [0.1, 0.15) is 0 Å². The first-order valence-corrected chi connectivity index (χ1v) is 6.16. The molecule has 0 heterocycles. The van der Waals surface area contributed by atoms with Crippen molar-refractivity contribution in [1.29, 1.82) is 0 Å². The number of hydrogen-bond acceptors (Lipinski definition) is 2. The number of carbonyl (C=O) groups excluding carboxylic acids is 1. The maximum atomic E-state index is 12.1. The van der Waals surface area contributed by atoms with Crippen molar-refractivity contribution in [2.24, 2.45) is 5.92 Å². The highest BCUT2D eigenvalue weighted by Crippen LogP contribution is 2.32. The van der Waals surface area contributed by atoms with E-state index in [1.807, 2.05) is 19.9 Å². The summed E-state index contributed by atoms with van der Waals surface area (Å²) in [6, 6.07) is 4.01. The normalized spacial score (nSPS) is 16.6. The van der Waals surface area contributed by atoms with E-state index in [0.717, 1.165) is 11.1 Å². The number of nitrogens with one attached hydrogen (secondary N) is 1. The highest BCUT2D eigenvalue weighted by molar-refractivity contribution is 5.96. The molecule has 0 spiro atoms. The summed E-state index contributed by atoms with van der Waals surface area (Å²) in [5.74, 6) is 0.663. The number of nitrogens with two attached hydrogens (primary N) is 1. The van der Waals surface area contributed by atoms with E-state index < -0.39 is 0 Å². The van der Waals surface area contributed by atoms with Crippen LogP contribution in [0.4, 0.5) is 5.69 Å². The number of aryl methyl sites for hydroxylation is 2. The zero-order chi connectivity index (χ0) is 12.6. The Morgan fingerprint density at radius 1 is 1.35 bits per heavy atom. The van der Waals surface area contributed by atoms with Crippen LogP contribution in [0, 0.1) is 19.8 Å². The molecule has 0 aliphatic heterocycles. The summed E-state index contributed by atoms with van der Waals surface area (Å²) >= 11 is 0. The molecular weight excluding hydrogens is 212 g/mol. The van der Waals surface area contributed by atoms with Crippen molar-refractivity contribution in [2.75, 3.05) is 5.73 Å². The zero-order valence-corrected chi connectivity index (χ0v) is 10.7. The second-order valence-corrected chi connectivity index (χ2v) is 5.12. The molecule has 0 radical (unpaired) electrons. The fourth-order valence-corrected chi connectivity index (χ4v) is 2.11.